The van der Waals surface area contributed by atoms with Crippen LogP contribution < -0.4 is 9.46 Å². The lowest BCUT2D eigenvalue weighted by molar-refractivity contribution is 0.102. The molecule has 128 valence electrons. The molecule has 0 aromatic heterocycles. The molecule has 0 saturated heterocycles. The van der Waals surface area contributed by atoms with Crippen molar-refractivity contribution in [3.63, 3.8) is 0 Å². The average molecular weight is 420 g/mol. The van der Waals surface area contributed by atoms with Crippen LogP contribution in [0.1, 0.15) is 10.4 Å². The molecule has 2 aromatic rings. The zero-order chi connectivity index (χ0) is 17.9. The molecule has 24 heavy (non-hydrogen) atoms. The van der Waals surface area contributed by atoms with E-state index in [0.29, 0.717) is 6.07 Å². The Hall–Kier alpha value is -2.00. The van der Waals surface area contributed by atoms with Crippen LogP contribution in [0.15, 0.2) is 36.4 Å². The standard InChI is InChI=1S/C15H12BrF2NO4S/c1-24(21,22)19-12-4-2-9(13(20)8-16)6-15(12)23-14-5-3-10(17)7-11(14)18/h2-7,19H,8H2,1H3. The number of benzene rings is 2. The third-order valence-corrected chi connectivity index (χ3v) is 3.93. The summed E-state index contributed by atoms with van der Waals surface area (Å²) in [6.07, 6.45) is 0.937. The summed E-state index contributed by atoms with van der Waals surface area (Å²) >= 11 is 3.03. The van der Waals surface area contributed by atoms with Gasteiger partial charge in [-0.15, -0.1) is 0 Å². The first kappa shape index (κ1) is 18.3. The highest BCUT2D eigenvalue weighted by Crippen LogP contribution is 2.33. The highest BCUT2D eigenvalue weighted by atomic mass is 79.9. The second kappa shape index (κ2) is 7.27. The summed E-state index contributed by atoms with van der Waals surface area (Å²) in [6, 6.07) is 6.70. The number of ketones is 1. The van der Waals surface area contributed by atoms with Gasteiger partial charge < -0.3 is 4.74 Å². The monoisotopic (exact) mass is 419 g/mol. The van der Waals surface area contributed by atoms with Gasteiger partial charge >= 0.3 is 0 Å². The first-order valence-electron chi connectivity index (χ1n) is 6.53. The van der Waals surface area contributed by atoms with E-state index in [-0.39, 0.29) is 33.9 Å². The Balaban J connectivity index is 2.48. The summed E-state index contributed by atoms with van der Waals surface area (Å²) in [5.74, 6) is -2.41. The maximum absolute atomic E-state index is 13.8. The number of carbonyl (C=O) groups excluding carboxylic acids is 1. The number of nitrogens with one attached hydrogen (secondary N) is 1. The summed E-state index contributed by atoms with van der Waals surface area (Å²) in [5, 5.41) is 0.0518. The lowest BCUT2D eigenvalue weighted by Crippen LogP contribution is -2.11. The van der Waals surface area contributed by atoms with E-state index in [9.17, 15) is 22.0 Å². The van der Waals surface area contributed by atoms with E-state index in [2.05, 4.69) is 20.7 Å². The number of ether oxygens (including phenoxy) is 1. The number of alkyl halides is 1. The normalized spacial score (nSPS) is 11.2. The lowest BCUT2D eigenvalue weighted by Gasteiger charge is -2.13. The number of carbonyl (C=O) groups is 1. The van der Waals surface area contributed by atoms with Crippen molar-refractivity contribution in [2.45, 2.75) is 0 Å². The first-order chi connectivity index (χ1) is 11.2. The average Bonchev–Trinajstić information content (AvgIpc) is 2.49. The second-order valence-corrected chi connectivity index (χ2v) is 7.13. The second-order valence-electron chi connectivity index (χ2n) is 4.82. The molecule has 0 aliphatic rings. The van der Waals surface area contributed by atoms with Crippen LogP contribution in [0, 0.1) is 11.6 Å². The van der Waals surface area contributed by atoms with E-state index in [4.69, 9.17) is 4.74 Å². The highest BCUT2D eigenvalue weighted by Gasteiger charge is 2.15. The predicted molar refractivity (Wildman–Crippen MR) is 89.5 cm³/mol. The molecule has 2 aromatic carbocycles. The summed E-state index contributed by atoms with van der Waals surface area (Å²) < 4.78 is 57.1. The van der Waals surface area contributed by atoms with Crippen molar-refractivity contribution >= 4 is 37.4 Å². The molecule has 0 radical (unpaired) electrons. The third kappa shape index (κ3) is 4.75. The molecular weight excluding hydrogens is 408 g/mol. The SMILES string of the molecule is CS(=O)(=O)Nc1ccc(C(=O)CBr)cc1Oc1ccc(F)cc1F. The summed E-state index contributed by atoms with van der Waals surface area (Å²) in [4.78, 5) is 11.8. The van der Waals surface area contributed by atoms with E-state index in [0.717, 1.165) is 18.4 Å². The lowest BCUT2D eigenvalue weighted by atomic mass is 10.1. The molecule has 0 heterocycles. The summed E-state index contributed by atoms with van der Waals surface area (Å²) in [6.45, 7) is 0. The molecule has 0 amide bonds. The zero-order valence-corrected chi connectivity index (χ0v) is 14.7. The van der Waals surface area contributed by atoms with Crippen LogP contribution in [0.5, 0.6) is 11.5 Å². The van der Waals surface area contributed by atoms with E-state index >= 15 is 0 Å². The van der Waals surface area contributed by atoms with Crippen LogP contribution in [0.3, 0.4) is 0 Å². The van der Waals surface area contributed by atoms with Crippen LogP contribution in [-0.2, 0) is 10.0 Å². The van der Waals surface area contributed by atoms with Gasteiger partial charge in [0.25, 0.3) is 0 Å². The number of anilines is 1. The van der Waals surface area contributed by atoms with Crippen LogP contribution in [0.2, 0.25) is 0 Å². The number of halogens is 3. The smallest absolute Gasteiger partial charge is 0.229 e. The molecule has 0 aliphatic heterocycles. The fourth-order valence-corrected chi connectivity index (χ4v) is 2.71. The van der Waals surface area contributed by atoms with E-state index < -0.39 is 21.7 Å². The van der Waals surface area contributed by atoms with Crippen LogP contribution in [0.4, 0.5) is 14.5 Å². The van der Waals surface area contributed by atoms with Crippen molar-refractivity contribution in [3.8, 4) is 11.5 Å². The fourth-order valence-electron chi connectivity index (χ4n) is 1.82. The molecule has 0 unspecified atom stereocenters. The van der Waals surface area contributed by atoms with Gasteiger partial charge in [-0.1, -0.05) is 15.9 Å². The van der Waals surface area contributed by atoms with Gasteiger partial charge in [0.05, 0.1) is 17.3 Å². The number of hydrogen-bond acceptors (Lipinski definition) is 4. The van der Waals surface area contributed by atoms with Gasteiger partial charge in [-0.05, 0) is 30.3 Å². The minimum Gasteiger partial charge on any atom is -0.452 e. The predicted octanol–water partition coefficient (Wildman–Crippen LogP) is 3.71. The van der Waals surface area contributed by atoms with Crippen molar-refractivity contribution in [2.75, 3.05) is 16.3 Å². The highest BCUT2D eigenvalue weighted by molar-refractivity contribution is 9.09. The van der Waals surface area contributed by atoms with Gasteiger partial charge in [-0.3, -0.25) is 9.52 Å². The first-order valence-corrected chi connectivity index (χ1v) is 9.55. The van der Waals surface area contributed by atoms with Crippen LogP contribution in [-0.4, -0.2) is 25.8 Å². The van der Waals surface area contributed by atoms with Gasteiger partial charge in [0.15, 0.2) is 23.1 Å². The number of rotatable bonds is 6. The van der Waals surface area contributed by atoms with Crippen molar-refractivity contribution in [1.29, 1.82) is 0 Å². The van der Waals surface area contributed by atoms with Crippen molar-refractivity contribution < 1.29 is 26.7 Å². The topological polar surface area (TPSA) is 72.5 Å². The third-order valence-electron chi connectivity index (χ3n) is 2.83. The van der Waals surface area contributed by atoms with E-state index in [1.54, 1.807) is 0 Å². The Morgan fingerprint density at radius 3 is 2.46 bits per heavy atom. The largest absolute Gasteiger partial charge is 0.452 e. The van der Waals surface area contributed by atoms with E-state index in [1.165, 1.54) is 18.2 Å². The molecule has 0 saturated carbocycles. The maximum Gasteiger partial charge on any atom is 0.229 e. The quantitative estimate of drug-likeness (QED) is 0.572. The molecule has 0 spiro atoms. The van der Waals surface area contributed by atoms with Crippen molar-refractivity contribution in [3.05, 3.63) is 53.6 Å². The van der Waals surface area contributed by atoms with Gasteiger partial charge in [-0.25, -0.2) is 17.2 Å². The van der Waals surface area contributed by atoms with Gasteiger partial charge in [0.2, 0.25) is 10.0 Å². The van der Waals surface area contributed by atoms with Crippen molar-refractivity contribution in [1.82, 2.24) is 0 Å². The van der Waals surface area contributed by atoms with Gasteiger partial charge in [0.1, 0.15) is 5.82 Å². The molecule has 2 rings (SSSR count). The van der Waals surface area contributed by atoms with Crippen LogP contribution in [0.25, 0.3) is 0 Å². The Morgan fingerprint density at radius 2 is 1.88 bits per heavy atom. The summed E-state index contributed by atoms with van der Waals surface area (Å²) in [7, 11) is -3.63. The molecule has 5 nitrogen and oxygen atoms in total. The maximum atomic E-state index is 13.8. The number of sulfonamides is 1. The molecule has 1 N–H and O–H groups in total. The van der Waals surface area contributed by atoms with Gasteiger partial charge in [-0.2, -0.15) is 0 Å². The molecule has 0 aliphatic carbocycles. The molecular formula is C15H12BrF2NO4S. The van der Waals surface area contributed by atoms with E-state index in [1.807, 2.05) is 0 Å². The minimum atomic E-state index is -3.63. The fraction of sp³-hybridized carbons (Fsp3) is 0.133. The zero-order valence-electron chi connectivity index (χ0n) is 12.3. The number of Topliss-reactive ketones (excluding diaryl/α,β-unsaturated/α-hetero) is 1. The Morgan fingerprint density at radius 1 is 1.17 bits per heavy atom. The van der Waals surface area contributed by atoms with Crippen molar-refractivity contribution in [2.24, 2.45) is 0 Å². The van der Waals surface area contributed by atoms with Crippen LogP contribution >= 0.6 is 15.9 Å². The summed E-state index contributed by atoms with van der Waals surface area (Å²) in [5.41, 5.74) is 0.260. The molecule has 9 heteroatoms. The Labute approximate surface area is 145 Å². The number of hydrogen-bond donors (Lipinski definition) is 1. The Bertz CT molecular complexity index is 887. The molecule has 0 fully saturated rings. The van der Waals surface area contributed by atoms with Gasteiger partial charge in [0, 0.05) is 11.6 Å². The minimum absolute atomic E-state index is 0.0207. The molecule has 0 bridgehead atoms. The Kier molecular flexibility index (Phi) is 5.55. The molecule has 0 atom stereocenters.